The van der Waals surface area contributed by atoms with Gasteiger partial charge in [-0.15, -0.1) is 0 Å². The van der Waals surface area contributed by atoms with Crippen LogP contribution in [0.2, 0.25) is 0 Å². The van der Waals surface area contributed by atoms with Crippen molar-refractivity contribution < 1.29 is 17.9 Å². The van der Waals surface area contributed by atoms with E-state index in [1.54, 1.807) is 4.90 Å². The van der Waals surface area contributed by atoms with Crippen molar-refractivity contribution in [1.82, 2.24) is 9.21 Å². The van der Waals surface area contributed by atoms with Gasteiger partial charge < -0.3 is 9.64 Å². The van der Waals surface area contributed by atoms with E-state index in [9.17, 15) is 13.2 Å². The molecule has 0 aliphatic rings. The molecule has 0 spiro atoms. The summed E-state index contributed by atoms with van der Waals surface area (Å²) in [5.74, 6) is -0.184. The van der Waals surface area contributed by atoms with E-state index < -0.39 is 10.0 Å². The van der Waals surface area contributed by atoms with Crippen molar-refractivity contribution in [2.24, 2.45) is 0 Å². The summed E-state index contributed by atoms with van der Waals surface area (Å²) in [6.45, 7) is 5.24. The minimum absolute atomic E-state index is 0.121. The van der Waals surface area contributed by atoms with Crippen LogP contribution in [-0.4, -0.2) is 69.7 Å². The molecule has 6 nitrogen and oxygen atoms in total. The van der Waals surface area contributed by atoms with Crippen molar-refractivity contribution in [3.05, 3.63) is 0 Å². The van der Waals surface area contributed by atoms with Gasteiger partial charge in [-0.3, -0.25) is 4.79 Å². The van der Waals surface area contributed by atoms with E-state index in [0.29, 0.717) is 13.1 Å². The third-order valence-electron chi connectivity index (χ3n) is 2.44. The van der Waals surface area contributed by atoms with Crippen LogP contribution in [0.4, 0.5) is 0 Å². The zero-order chi connectivity index (χ0) is 13.5. The molecule has 0 rings (SSSR count). The molecule has 0 heterocycles. The lowest BCUT2D eigenvalue weighted by molar-refractivity contribution is -0.131. The largest absolute Gasteiger partial charge is 0.383 e. The third kappa shape index (κ3) is 5.99. The number of hydrogen-bond acceptors (Lipinski definition) is 4. The number of sulfonamides is 1. The van der Waals surface area contributed by atoms with Crippen LogP contribution in [0.3, 0.4) is 0 Å². The molecule has 0 aliphatic carbocycles. The zero-order valence-electron chi connectivity index (χ0n) is 11.0. The molecule has 0 radical (unpaired) electrons. The van der Waals surface area contributed by atoms with Crippen molar-refractivity contribution in [1.29, 1.82) is 0 Å². The normalized spacial score (nSPS) is 11.8. The fraction of sp³-hybridized carbons (Fsp3) is 0.900. The monoisotopic (exact) mass is 266 g/mol. The van der Waals surface area contributed by atoms with Crippen LogP contribution in [0.1, 0.15) is 13.8 Å². The lowest BCUT2D eigenvalue weighted by atomic mass is 10.4. The number of rotatable bonds is 8. The summed E-state index contributed by atoms with van der Waals surface area (Å²) in [4.78, 5) is 13.4. The van der Waals surface area contributed by atoms with E-state index in [0.717, 1.165) is 10.6 Å². The highest BCUT2D eigenvalue weighted by Crippen LogP contribution is 2.00. The van der Waals surface area contributed by atoms with Gasteiger partial charge in [0, 0.05) is 26.7 Å². The number of carbonyl (C=O) groups is 1. The molecule has 1 amide bonds. The maximum absolute atomic E-state index is 11.8. The number of nitrogens with zero attached hydrogens (tertiary/aromatic N) is 2. The summed E-state index contributed by atoms with van der Waals surface area (Å²) in [6, 6.07) is 0. The molecule has 0 N–H and O–H groups in total. The average molecular weight is 266 g/mol. The van der Waals surface area contributed by atoms with Gasteiger partial charge >= 0.3 is 0 Å². The van der Waals surface area contributed by atoms with Crippen LogP contribution in [0.15, 0.2) is 0 Å². The molecular formula is C10H22N2O4S. The maximum atomic E-state index is 11.8. The minimum Gasteiger partial charge on any atom is -0.383 e. The predicted octanol–water partition coefficient (Wildman–Crippen LogP) is -0.237. The molecule has 17 heavy (non-hydrogen) atoms. The Labute approximate surface area is 104 Å². The van der Waals surface area contributed by atoms with Gasteiger partial charge in [-0.1, -0.05) is 0 Å². The van der Waals surface area contributed by atoms with Crippen LogP contribution in [0.25, 0.3) is 0 Å². The highest BCUT2D eigenvalue weighted by molar-refractivity contribution is 7.88. The van der Waals surface area contributed by atoms with Crippen LogP contribution in [0, 0.1) is 0 Å². The van der Waals surface area contributed by atoms with E-state index in [-0.39, 0.29) is 25.6 Å². The van der Waals surface area contributed by atoms with Crippen molar-refractivity contribution in [2.75, 3.05) is 46.2 Å². The maximum Gasteiger partial charge on any atom is 0.237 e. The molecule has 0 aromatic rings. The Bertz CT molecular complexity index is 325. The molecule has 0 fully saturated rings. The zero-order valence-corrected chi connectivity index (χ0v) is 11.8. The molecule has 7 heteroatoms. The first-order chi connectivity index (χ1) is 7.86. The predicted molar refractivity (Wildman–Crippen MR) is 66.2 cm³/mol. The summed E-state index contributed by atoms with van der Waals surface area (Å²) in [5, 5.41) is 0. The number of amides is 1. The third-order valence-corrected chi connectivity index (χ3v) is 3.69. The SMILES string of the molecule is CCN(CC)C(=O)CN(CCOC)S(C)(=O)=O. The van der Waals surface area contributed by atoms with Crippen LogP contribution in [0.5, 0.6) is 0 Å². The smallest absolute Gasteiger partial charge is 0.237 e. The van der Waals surface area contributed by atoms with Gasteiger partial charge in [0.25, 0.3) is 0 Å². The summed E-state index contributed by atoms with van der Waals surface area (Å²) >= 11 is 0. The first-order valence-electron chi connectivity index (χ1n) is 5.58. The molecule has 0 aliphatic heterocycles. The van der Waals surface area contributed by atoms with E-state index in [2.05, 4.69) is 0 Å². The highest BCUT2D eigenvalue weighted by Gasteiger charge is 2.21. The van der Waals surface area contributed by atoms with Gasteiger partial charge in [0.1, 0.15) is 0 Å². The number of methoxy groups -OCH3 is 1. The second-order valence-corrected chi connectivity index (χ2v) is 5.64. The van der Waals surface area contributed by atoms with E-state index in [1.807, 2.05) is 13.8 Å². The highest BCUT2D eigenvalue weighted by atomic mass is 32.2. The second-order valence-electron chi connectivity index (χ2n) is 3.66. The molecular weight excluding hydrogens is 244 g/mol. The van der Waals surface area contributed by atoms with Gasteiger partial charge in [-0.25, -0.2) is 8.42 Å². The molecule has 0 bridgehead atoms. The summed E-state index contributed by atoms with van der Waals surface area (Å²) < 4.78 is 28.9. The molecule has 0 saturated heterocycles. The minimum atomic E-state index is -3.38. The van der Waals surface area contributed by atoms with Gasteiger partial charge in [-0.2, -0.15) is 4.31 Å². The molecule has 102 valence electrons. The molecule has 0 atom stereocenters. The topological polar surface area (TPSA) is 66.9 Å². The molecule has 0 unspecified atom stereocenters. The van der Waals surface area contributed by atoms with Crippen molar-refractivity contribution >= 4 is 15.9 Å². The van der Waals surface area contributed by atoms with Crippen LogP contribution >= 0.6 is 0 Å². The molecule has 0 aromatic carbocycles. The Hall–Kier alpha value is -0.660. The van der Waals surface area contributed by atoms with Crippen molar-refractivity contribution in [3.63, 3.8) is 0 Å². The average Bonchev–Trinajstić information content (AvgIpc) is 2.24. The van der Waals surface area contributed by atoms with E-state index in [1.165, 1.54) is 7.11 Å². The lowest BCUT2D eigenvalue weighted by Crippen LogP contribution is -2.43. The van der Waals surface area contributed by atoms with Crippen LogP contribution < -0.4 is 0 Å². The van der Waals surface area contributed by atoms with Gasteiger partial charge in [0.15, 0.2) is 0 Å². The van der Waals surface area contributed by atoms with Gasteiger partial charge in [-0.05, 0) is 13.8 Å². The standard InChI is InChI=1S/C10H22N2O4S/c1-5-11(6-2)10(13)9-12(7-8-16-3)17(4,14)15/h5-9H2,1-4H3. The van der Waals surface area contributed by atoms with Crippen molar-refractivity contribution in [3.8, 4) is 0 Å². The summed E-state index contributed by atoms with van der Waals surface area (Å²) in [6.07, 6.45) is 1.10. The lowest BCUT2D eigenvalue weighted by Gasteiger charge is -2.24. The summed E-state index contributed by atoms with van der Waals surface area (Å²) in [7, 11) is -1.88. The van der Waals surface area contributed by atoms with E-state index in [4.69, 9.17) is 4.74 Å². The Kier molecular flexibility index (Phi) is 7.33. The fourth-order valence-corrected chi connectivity index (χ4v) is 2.13. The summed E-state index contributed by atoms with van der Waals surface area (Å²) in [5.41, 5.74) is 0. The number of hydrogen-bond donors (Lipinski definition) is 0. The Morgan fingerprint density at radius 1 is 1.24 bits per heavy atom. The fourth-order valence-electron chi connectivity index (χ4n) is 1.38. The quantitative estimate of drug-likeness (QED) is 0.608. The Balaban J connectivity index is 4.59. The van der Waals surface area contributed by atoms with E-state index >= 15 is 0 Å². The number of carbonyl (C=O) groups excluding carboxylic acids is 1. The Morgan fingerprint density at radius 2 is 1.76 bits per heavy atom. The van der Waals surface area contributed by atoms with Crippen molar-refractivity contribution in [2.45, 2.75) is 13.8 Å². The van der Waals surface area contributed by atoms with Gasteiger partial charge in [0.05, 0.1) is 19.4 Å². The number of likely N-dealkylation sites (N-methyl/N-ethyl adjacent to an activating group) is 1. The number of ether oxygens (including phenoxy) is 1. The second kappa shape index (κ2) is 7.62. The molecule has 0 saturated carbocycles. The molecule has 0 aromatic heterocycles. The van der Waals surface area contributed by atoms with Crippen LogP contribution in [-0.2, 0) is 19.6 Å². The first kappa shape index (κ1) is 16.3. The first-order valence-corrected chi connectivity index (χ1v) is 7.43. The Morgan fingerprint density at radius 3 is 2.12 bits per heavy atom. The van der Waals surface area contributed by atoms with Gasteiger partial charge in [0.2, 0.25) is 15.9 Å².